The highest BCUT2D eigenvalue weighted by atomic mass is 35.5. The van der Waals surface area contributed by atoms with Crippen molar-refractivity contribution in [3.05, 3.63) is 76.6 Å². The molecule has 2 atom stereocenters. The molecule has 9 nitrogen and oxygen atoms in total. The molecule has 1 aromatic heterocycles. The highest BCUT2D eigenvalue weighted by Gasteiger charge is 2.29. The first-order valence-electron chi connectivity index (χ1n) is 14.7. The summed E-state index contributed by atoms with van der Waals surface area (Å²) in [7, 11) is 3.22. The number of rotatable bonds is 10. The number of esters is 1. The molecule has 2 aromatic carbocycles. The molecule has 4 rings (SSSR count). The molecule has 1 aliphatic heterocycles. The van der Waals surface area contributed by atoms with Gasteiger partial charge in [0.15, 0.2) is 5.82 Å². The monoisotopic (exact) mass is 640 g/mol. The number of benzene rings is 2. The molecule has 2 unspecified atom stereocenters. The second kappa shape index (κ2) is 15.6. The SMILES string of the molecule is CCOC(=O)C1=Nc2ccc(F)cc2-c2ccnc(c2)C(C(=O)N(C)CCC(OC=O)c2c(NC)ccc(Cl)c2F)CCCC1. The maximum atomic E-state index is 15.1. The van der Waals surface area contributed by atoms with Crippen molar-refractivity contribution in [3.63, 3.8) is 0 Å². The van der Waals surface area contributed by atoms with Crippen LogP contribution < -0.4 is 5.32 Å². The normalized spacial score (nSPS) is 15.3. The molecule has 2 heterocycles. The Balaban J connectivity index is 1.64. The number of aromatic nitrogens is 1. The van der Waals surface area contributed by atoms with Crippen LogP contribution in [-0.4, -0.2) is 61.2 Å². The van der Waals surface area contributed by atoms with E-state index in [0.29, 0.717) is 53.9 Å². The van der Waals surface area contributed by atoms with E-state index in [0.717, 1.165) is 0 Å². The predicted octanol–water partition coefficient (Wildman–Crippen LogP) is 6.78. The third kappa shape index (κ3) is 8.02. The number of likely N-dealkylation sites (N-methyl/N-ethyl adjacent to an activating group) is 1. The first-order chi connectivity index (χ1) is 21.7. The van der Waals surface area contributed by atoms with Gasteiger partial charge in [0.2, 0.25) is 5.91 Å². The number of nitrogens with one attached hydrogen (secondary N) is 1. The largest absolute Gasteiger partial charge is 0.462 e. The Morgan fingerprint density at radius 3 is 2.71 bits per heavy atom. The quantitative estimate of drug-likeness (QED) is 0.192. The van der Waals surface area contributed by atoms with Crippen molar-refractivity contribution in [2.24, 2.45) is 4.99 Å². The van der Waals surface area contributed by atoms with Gasteiger partial charge in [-0.2, -0.15) is 0 Å². The van der Waals surface area contributed by atoms with E-state index in [1.165, 1.54) is 29.2 Å². The third-order valence-corrected chi connectivity index (χ3v) is 7.97. The topological polar surface area (TPSA) is 110 Å². The van der Waals surface area contributed by atoms with Crippen LogP contribution in [-0.2, 0) is 23.9 Å². The van der Waals surface area contributed by atoms with Crippen LogP contribution in [0.25, 0.3) is 11.1 Å². The van der Waals surface area contributed by atoms with Gasteiger partial charge in [-0.05, 0) is 74.2 Å². The summed E-state index contributed by atoms with van der Waals surface area (Å²) in [6.45, 7) is 2.25. The van der Waals surface area contributed by atoms with Crippen molar-refractivity contribution in [1.29, 1.82) is 0 Å². The van der Waals surface area contributed by atoms with E-state index in [1.54, 1.807) is 45.4 Å². The number of nitrogens with zero attached hydrogens (tertiary/aromatic N) is 3. The maximum absolute atomic E-state index is 15.1. The van der Waals surface area contributed by atoms with Crippen LogP contribution in [0.2, 0.25) is 5.02 Å². The van der Waals surface area contributed by atoms with Crippen LogP contribution in [0.1, 0.15) is 62.3 Å². The van der Waals surface area contributed by atoms with Crippen LogP contribution in [0.15, 0.2) is 53.7 Å². The van der Waals surface area contributed by atoms with Crippen LogP contribution in [0, 0.1) is 11.6 Å². The zero-order valence-electron chi connectivity index (χ0n) is 25.3. The molecule has 238 valence electrons. The first-order valence-corrected chi connectivity index (χ1v) is 15.1. The number of hydrogen-bond donors (Lipinski definition) is 1. The molecule has 0 radical (unpaired) electrons. The number of aliphatic imine (C=N–C) groups is 1. The smallest absolute Gasteiger partial charge is 0.352 e. The molecule has 12 heteroatoms. The average molecular weight is 641 g/mol. The minimum Gasteiger partial charge on any atom is -0.462 e. The predicted molar refractivity (Wildman–Crippen MR) is 168 cm³/mol. The summed E-state index contributed by atoms with van der Waals surface area (Å²) in [5.74, 6) is -2.66. The van der Waals surface area contributed by atoms with E-state index in [-0.39, 0.29) is 48.2 Å². The Bertz CT molecular complexity index is 1580. The fourth-order valence-corrected chi connectivity index (χ4v) is 5.54. The molecule has 0 spiro atoms. The lowest BCUT2D eigenvalue weighted by Crippen LogP contribution is -2.34. The van der Waals surface area contributed by atoms with Gasteiger partial charge < -0.3 is 19.7 Å². The summed E-state index contributed by atoms with van der Waals surface area (Å²) >= 11 is 6.02. The summed E-state index contributed by atoms with van der Waals surface area (Å²) in [4.78, 5) is 48.6. The van der Waals surface area contributed by atoms with Gasteiger partial charge in [-0.25, -0.2) is 18.6 Å². The molecule has 0 saturated heterocycles. The van der Waals surface area contributed by atoms with Crippen molar-refractivity contribution >= 4 is 47.0 Å². The van der Waals surface area contributed by atoms with Crippen molar-refractivity contribution in [1.82, 2.24) is 9.88 Å². The Morgan fingerprint density at radius 1 is 1.18 bits per heavy atom. The lowest BCUT2D eigenvalue weighted by molar-refractivity contribution is -0.136. The third-order valence-electron chi connectivity index (χ3n) is 7.68. The van der Waals surface area contributed by atoms with E-state index < -0.39 is 29.6 Å². The minimum atomic E-state index is -1.01. The summed E-state index contributed by atoms with van der Waals surface area (Å²) in [6, 6.07) is 10.5. The van der Waals surface area contributed by atoms with Crippen LogP contribution in [0.5, 0.6) is 0 Å². The van der Waals surface area contributed by atoms with Gasteiger partial charge in [0.1, 0.15) is 17.6 Å². The van der Waals surface area contributed by atoms with Gasteiger partial charge in [0.05, 0.1) is 34.5 Å². The molecule has 1 aliphatic rings. The van der Waals surface area contributed by atoms with Crippen molar-refractivity contribution < 1.29 is 32.6 Å². The second-order valence-electron chi connectivity index (χ2n) is 10.6. The Labute approximate surface area is 265 Å². The molecule has 3 aromatic rings. The highest BCUT2D eigenvalue weighted by molar-refractivity contribution is 6.37. The highest BCUT2D eigenvalue weighted by Crippen LogP contribution is 2.36. The molecular weight excluding hydrogens is 606 g/mol. The number of halogens is 3. The zero-order chi connectivity index (χ0) is 32.5. The Kier molecular flexibility index (Phi) is 11.6. The fraction of sp³-hybridized carbons (Fsp3) is 0.364. The van der Waals surface area contributed by atoms with Crippen LogP contribution in [0.3, 0.4) is 0 Å². The van der Waals surface area contributed by atoms with Crippen molar-refractivity contribution in [2.45, 2.75) is 51.0 Å². The number of carbonyl (C=O) groups is 3. The minimum absolute atomic E-state index is 0.0864. The Hall–Kier alpha value is -4.38. The molecule has 1 N–H and O–H groups in total. The molecular formula is C33H35ClF2N4O5. The van der Waals surface area contributed by atoms with Gasteiger partial charge in [0.25, 0.3) is 6.47 Å². The van der Waals surface area contributed by atoms with Crippen molar-refractivity contribution in [3.8, 4) is 11.1 Å². The van der Waals surface area contributed by atoms with Crippen LogP contribution in [0.4, 0.5) is 20.2 Å². The molecule has 45 heavy (non-hydrogen) atoms. The summed E-state index contributed by atoms with van der Waals surface area (Å²) in [5, 5.41) is 2.76. The van der Waals surface area contributed by atoms with Gasteiger partial charge in [-0.1, -0.05) is 18.0 Å². The van der Waals surface area contributed by atoms with E-state index in [1.807, 2.05) is 0 Å². The number of hydrogen-bond acceptors (Lipinski definition) is 8. The number of carbonyl (C=O) groups excluding carboxylic acids is 3. The number of pyridine rings is 1. The van der Waals surface area contributed by atoms with E-state index in [2.05, 4.69) is 15.3 Å². The van der Waals surface area contributed by atoms with Gasteiger partial charge in [-0.3, -0.25) is 14.6 Å². The standard InChI is InChI=1S/C33H35ClF2N4O5/c1-4-44-33(43)27-8-6-5-7-22(28-17-20(13-15-38-28)23-18-21(35)9-11-25(23)39-27)32(42)40(3)16-14-29(45-19-41)30-26(37-2)12-10-24(34)31(30)36/h9-13,15,17-19,22,29,37H,4-8,14,16H2,1-3H3. The molecule has 0 aliphatic carbocycles. The summed E-state index contributed by atoms with van der Waals surface area (Å²) in [5.41, 5.74) is 2.62. The average Bonchev–Trinajstić information content (AvgIpc) is 3.03. The molecule has 0 saturated carbocycles. The number of fused-ring (bicyclic) bond motifs is 4. The Morgan fingerprint density at radius 2 is 1.98 bits per heavy atom. The summed E-state index contributed by atoms with van der Waals surface area (Å²) < 4.78 is 40.0. The fourth-order valence-electron chi connectivity index (χ4n) is 5.38. The lowest BCUT2D eigenvalue weighted by Gasteiger charge is -2.26. The number of amides is 1. The lowest BCUT2D eigenvalue weighted by atomic mass is 9.92. The van der Waals surface area contributed by atoms with E-state index >= 15 is 4.39 Å². The number of ether oxygens (including phenoxy) is 2. The first kappa shape index (κ1) is 33.5. The molecule has 2 bridgehead atoms. The number of anilines is 1. The second-order valence-corrected chi connectivity index (χ2v) is 11.0. The van der Waals surface area contributed by atoms with E-state index in [9.17, 15) is 18.8 Å². The van der Waals surface area contributed by atoms with Gasteiger partial charge >= 0.3 is 5.97 Å². The summed E-state index contributed by atoms with van der Waals surface area (Å²) in [6.07, 6.45) is 2.46. The van der Waals surface area contributed by atoms with Gasteiger partial charge in [0, 0.05) is 44.5 Å². The zero-order valence-corrected chi connectivity index (χ0v) is 26.1. The van der Waals surface area contributed by atoms with Gasteiger partial charge in [-0.15, -0.1) is 0 Å². The molecule has 0 fully saturated rings. The van der Waals surface area contributed by atoms with Crippen LogP contribution >= 0.6 is 11.6 Å². The van der Waals surface area contributed by atoms with E-state index in [4.69, 9.17) is 21.1 Å². The molecule has 1 amide bonds. The van der Waals surface area contributed by atoms with Crippen molar-refractivity contribution in [2.75, 3.05) is 32.6 Å². The maximum Gasteiger partial charge on any atom is 0.352 e.